The summed E-state index contributed by atoms with van der Waals surface area (Å²) in [5.41, 5.74) is 0. The first-order chi connectivity index (χ1) is 6.90. The van der Waals surface area contributed by atoms with Crippen molar-refractivity contribution in [1.29, 1.82) is 0 Å². The third-order valence-electron chi connectivity index (χ3n) is 2.38. The molecule has 0 saturated carbocycles. The van der Waals surface area contributed by atoms with Crippen molar-refractivity contribution in [1.82, 2.24) is 15.5 Å². The lowest BCUT2D eigenvalue weighted by Gasteiger charge is -2.01. The minimum Gasteiger partial charge on any atom is -0.384 e. The third-order valence-corrected chi connectivity index (χ3v) is 2.38. The molecule has 0 aromatic carbocycles. The highest BCUT2D eigenvalue weighted by molar-refractivity contribution is 4.96. The van der Waals surface area contributed by atoms with Crippen LogP contribution >= 0.6 is 0 Å². The van der Waals surface area contributed by atoms with E-state index < -0.39 is 0 Å². The van der Waals surface area contributed by atoms with Crippen LogP contribution in [0.4, 0.5) is 0 Å². The maximum atomic E-state index is 5.10. The molecule has 1 saturated heterocycles. The quantitative estimate of drug-likeness (QED) is 0.769. The first-order valence-electron chi connectivity index (χ1n) is 4.95. The summed E-state index contributed by atoms with van der Waals surface area (Å²) in [6.07, 6.45) is 2.98. The van der Waals surface area contributed by atoms with Gasteiger partial charge in [0, 0.05) is 7.11 Å². The summed E-state index contributed by atoms with van der Waals surface area (Å²) < 4.78 is 10.0. The number of nitrogens with one attached hydrogen (secondary N) is 1. The SMILES string of the molecule is COCCc1nc(C2CCCN2)no1. The summed E-state index contributed by atoms with van der Waals surface area (Å²) >= 11 is 0. The van der Waals surface area contributed by atoms with Gasteiger partial charge in [-0.1, -0.05) is 5.16 Å². The van der Waals surface area contributed by atoms with Gasteiger partial charge in [0.15, 0.2) is 5.82 Å². The predicted octanol–water partition coefficient (Wildman–Crippen LogP) is 0.683. The van der Waals surface area contributed by atoms with Crippen LogP contribution in [0.3, 0.4) is 0 Å². The molecule has 2 heterocycles. The lowest BCUT2D eigenvalue weighted by Crippen LogP contribution is -2.14. The molecule has 2 rings (SSSR count). The molecule has 1 aromatic rings. The lowest BCUT2D eigenvalue weighted by atomic mass is 10.2. The van der Waals surface area contributed by atoms with Crippen LogP contribution in [0, 0.1) is 0 Å². The second-order valence-corrected chi connectivity index (χ2v) is 3.44. The molecule has 5 nitrogen and oxygen atoms in total. The molecule has 1 atom stereocenters. The highest BCUT2D eigenvalue weighted by Gasteiger charge is 2.21. The van der Waals surface area contributed by atoms with Gasteiger partial charge in [-0.05, 0) is 19.4 Å². The largest absolute Gasteiger partial charge is 0.384 e. The Balaban J connectivity index is 1.94. The van der Waals surface area contributed by atoms with Gasteiger partial charge in [0.1, 0.15) is 0 Å². The first kappa shape index (κ1) is 9.61. The van der Waals surface area contributed by atoms with Gasteiger partial charge in [-0.2, -0.15) is 4.98 Å². The molecule has 0 radical (unpaired) electrons. The predicted molar refractivity (Wildman–Crippen MR) is 49.9 cm³/mol. The Morgan fingerprint density at radius 3 is 3.29 bits per heavy atom. The Kier molecular flexibility index (Phi) is 3.10. The van der Waals surface area contributed by atoms with Crippen LogP contribution in [-0.2, 0) is 11.2 Å². The van der Waals surface area contributed by atoms with Crippen molar-refractivity contribution in [3.63, 3.8) is 0 Å². The Bertz CT molecular complexity index is 281. The zero-order valence-corrected chi connectivity index (χ0v) is 8.32. The highest BCUT2D eigenvalue weighted by atomic mass is 16.5. The molecular formula is C9H15N3O2. The van der Waals surface area contributed by atoms with Gasteiger partial charge in [-0.15, -0.1) is 0 Å². The van der Waals surface area contributed by atoms with Crippen molar-refractivity contribution in [2.24, 2.45) is 0 Å². The number of methoxy groups -OCH3 is 1. The van der Waals surface area contributed by atoms with Crippen molar-refractivity contribution < 1.29 is 9.26 Å². The van der Waals surface area contributed by atoms with Gasteiger partial charge in [0.05, 0.1) is 19.1 Å². The van der Waals surface area contributed by atoms with Crippen molar-refractivity contribution in [3.05, 3.63) is 11.7 Å². The molecule has 5 heteroatoms. The number of hydrogen-bond donors (Lipinski definition) is 1. The number of aromatic nitrogens is 2. The second kappa shape index (κ2) is 4.52. The summed E-state index contributed by atoms with van der Waals surface area (Å²) in [5.74, 6) is 1.45. The van der Waals surface area contributed by atoms with Crippen LogP contribution in [-0.4, -0.2) is 30.4 Å². The maximum absolute atomic E-state index is 5.10. The smallest absolute Gasteiger partial charge is 0.229 e. The molecule has 0 bridgehead atoms. The summed E-state index contributed by atoms with van der Waals surface area (Å²) in [5, 5.41) is 7.27. The molecule has 1 fully saturated rings. The molecule has 1 unspecified atom stereocenters. The van der Waals surface area contributed by atoms with Gasteiger partial charge in [-0.25, -0.2) is 0 Å². The van der Waals surface area contributed by atoms with E-state index in [1.165, 1.54) is 6.42 Å². The van der Waals surface area contributed by atoms with E-state index in [2.05, 4.69) is 15.5 Å². The first-order valence-corrected chi connectivity index (χ1v) is 4.95. The molecule has 78 valence electrons. The Hall–Kier alpha value is -0.940. The molecular weight excluding hydrogens is 182 g/mol. The molecule has 1 aliphatic heterocycles. The van der Waals surface area contributed by atoms with E-state index in [9.17, 15) is 0 Å². The van der Waals surface area contributed by atoms with E-state index in [-0.39, 0.29) is 6.04 Å². The Labute approximate surface area is 82.8 Å². The monoisotopic (exact) mass is 197 g/mol. The number of nitrogens with zero attached hydrogens (tertiary/aromatic N) is 2. The average molecular weight is 197 g/mol. The fourth-order valence-electron chi connectivity index (χ4n) is 1.61. The van der Waals surface area contributed by atoms with Crippen LogP contribution in [0.2, 0.25) is 0 Å². The fraction of sp³-hybridized carbons (Fsp3) is 0.778. The lowest BCUT2D eigenvalue weighted by molar-refractivity contribution is 0.192. The van der Waals surface area contributed by atoms with Gasteiger partial charge < -0.3 is 14.6 Å². The van der Waals surface area contributed by atoms with Gasteiger partial charge in [0.25, 0.3) is 0 Å². The summed E-state index contributed by atoms with van der Waals surface area (Å²) in [7, 11) is 1.66. The van der Waals surface area contributed by atoms with E-state index >= 15 is 0 Å². The number of hydrogen-bond acceptors (Lipinski definition) is 5. The molecule has 0 amide bonds. The van der Waals surface area contributed by atoms with E-state index in [1.807, 2.05) is 0 Å². The molecule has 1 aromatic heterocycles. The second-order valence-electron chi connectivity index (χ2n) is 3.44. The fourth-order valence-corrected chi connectivity index (χ4v) is 1.61. The topological polar surface area (TPSA) is 60.2 Å². The summed E-state index contributed by atoms with van der Waals surface area (Å²) in [4.78, 5) is 4.31. The number of ether oxygens (including phenoxy) is 1. The minimum atomic E-state index is 0.287. The van der Waals surface area contributed by atoms with Crippen molar-refractivity contribution in [2.75, 3.05) is 20.3 Å². The van der Waals surface area contributed by atoms with Gasteiger partial charge in [0.2, 0.25) is 5.89 Å². The van der Waals surface area contributed by atoms with Crippen LogP contribution in [0.1, 0.15) is 30.6 Å². The standard InChI is InChI=1S/C9H15N3O2/c1-13-6-4-8-11-9(12-14-8)7-3-2-5-10-7/h7,10H,2-6H2,1H3. The van der Waals surface area contributed by atoms with Crippen molar-refractivity contribution in [3.8, 4) is 0 Å². The van der Waals surface area contributed by atoms with E-state index in [4.69, 9.17) is 9.26 Å². The molecule has 1 N–H and O–H groups in total. The van der Waals surface area contributed by atoms with Gasteiger partial charge in [-0.3, -0.25) is 0 Å². The van der Waals surface area contributed by atoms with Crippen LogP contribution < -0.4 is 5.32 Å². The zero-order valence-electron chi connectivity index (χ0n) is 8.32. The number of rotatable bonds is 4. The van der Waals surface area contributed by atoms with Gasteiger partial charge >= 0.3 is 0 Å². The third kappa shape index (κ3) is 2.10. The van der Waals surface area contributed by atoms with Crippen LogP contribution in [0.5, 0.6) is 0 Å². The van der Waals surface area contributed by atoms with E-state index in [0.717, 1.165) is 18.8 Å². The Morgan fingerprint density at radius 1 is 1.64 bits per heavy atom. The van der Waals surface area contributed by atoms with E-state index in [0.29, 0.717) is 18.9 Å². The maximum Gasteiger partial charge on any atom is 0.229 e. The highest BCUT2D eigenvalue weighted by Crippen LogP contribution is 2.19. The molecule has 14 heavy (non-hydrogen) atoms. The summed E-state index contributed by atoms with van der Waals surface area (Å²) in [6.45, 7) is 1.67. The van der Waals surface area contributed by atoms with E-state index in [1.54, 1.807) is 7.11 Å². The Morgan fingerprint density at radius 2 is 2.57 bits per heavy atom. The average Bonchev–Trinajstić information content (AvgIpc) is 2.85. The van der Waals surface area contributed by atoms with Crippen molar-refractivity contribution in [2.45, 2.75) is 25.3 Å². The normalized spacial score (nSPS) is 21.6. The van der Waals surface area contributed by atoms with Crippen LogP contribution in [0.15, 0.2) is 4.52 Å². The zero-order chi connectivity index (χ0) is 9.80. The molecule has 1 aliphatic rings. The molecule has 0 spiro atoms. The van der Waals surface area contributed by atoms with Crippen LogP contribution in [0.25, 0.3) is 0 Å². The molecule has 0 aliphatic carbocycles. The van der Waals surface area contributed by atoms with Crippen molar-refractivity contribution >= 4 is 0 Å². The summed E-state index contributed by atoms with van der Waals surface area (Å²) in [6, 6.07) is 0.287. The minimum absolute atomic E-state index is 0.287.